The summed E-state index contributed by atoms with van der Waals surface area (Å²) in [7, 11) is 0. The molecule has 0 amide bonds. The first-order chi connectivity index (χ1) is 7.83. The molecular formula is C12H19N3O. The fourth-order valence-electron chi connectivity index (χ4n) is 2.70. The molecule has 0 aliphatic carbocycles. The maximum atomic E-state index is 5.39. The first kappa shape index (κ1) is 10.3. The lowest BCUT2D eigenvalue weighted by atomic mass is 10.0. The standard InChI is InChI=1S/C12H19N3O/c1-9-3-2-5-15-12(9)13-11(14-15)7-10-4-6-16-8-10/h9-10H,2-8H2,1H3. The van der Waals surface area contributed by atoms with Crippen LogP contribution in [0.2, 0.25) is 0 Å². The average molecular weight is 221 g/mol. The molecule has 0 saturated carbocycles. The zero-order valence-corrected chi connectivity index (χ0v) is 9.85. The highest BCUT2D eigenvalue weighted by molar-refractivity contribution is 5.02. The minimum atomic E-state index is 0.579. The van der Waals surface area contributed by atoms with E-state index in [0.717, 1.165) is 32.0 Å². The molecule has 2 aliphatic heterocycles. The van der Waals surface area contributed by atoms with Gasteiger partial charge in [-0.1, -0.05) is 6.92 Å². The topological polar surface area (TPSA) is 39.9 Å². The zero-order chi connectivity index (χ0) is 11.0. The van der Waals surface area contributed by atoms with Crippen LogP contribution in [0.25, 0.3) is 0 Å². The summed E-state index contributed by atoms with van der Waals surface area (Å²) < 4.78 is 7.50. The maximum Gasteiger partial charge on any atom is 0.151 e. The van der Waals surface area contributed by atoms with Crippen molar-refractivity contribution in [2.45, 2.75) is 45.1 Å². The molecule has 0 aromatic carbocycles. The van der Waals surface area contributed by atoms with Crippen LogP contribution in [0.3, 0.4) is 0 Å². The van der Waals surface area contributed by atoms with Crippen molar-refractivity contribution in [2.24, 2.45) is 5.92 Å². The fraction of sp³-hybridized carbons (Fsp3) is 0.833. The van der Waals surface area contributed by atoms with Crippen molar-refractivity contribution in [1.82, 2.24) is 14.8 Å². The Labute approximate surface area is 96.0 Å². The lowest BCUT2D eigenvalue weighted by Gasteiger charge is -2.17. The van der Waals surface area contributed by atoms with Crippen molar-refractivity contribution in [3.05, 3.63) is 11.6 Å². The molecule has 1 saturated heterocycles. The minimum absolute atomic E-state index is 0.579. The summed E-state index contributed by atoms with van der Waals surface area (Å²) in [6, 6.07) is 0. The molecule has 16 heavy (non-hydrogen) atoms. The van der Waals surface area contributed by atoms with Gasteiger partial charge in [-0.15, -0.1) is 0 Å². The van der Waals surface area contributed by atoms with E-state index in [1.165, 1.54) is 25.1 Å². The van der Waals surface area contributed by atoms with Crippen molar-refractivity contribution in [3.63, 3.8) is 0 Å². The molecule has 4 heteroatoms. The Morgan fingerprint density at radius 3 is 3.12 bits per heavy atom. The quantitative estimate of drug-likeness (QED) is 0.764. The molecular weight excluding hydrogens is 202 g/mol. The van der Waals surface area contributed by atoms with E-state index in [-0.39, 0.29) is 0 Å². The normalized spacial score (nSPS) is 29.3. The third-order valence-electron chi connectivity index (χ3n) is 3.69. The van der Waals surface area contributed by atoms with E-state index in [1.54, 1.807) is 0 Å². The summed E-state index contributed by atoms with van der Waals surface area (Å²) in [6.07, 6.45) is 4.65. The molecule has 2 aliphatic rings. The number of nitrogens with zero attached hydrogens (tertiary/aromatic N) is 3. The summed E-state index contributed by atoms with van der Waals surface area (Å²) in [5, 5.41) is 4.61. The van der Waals surface area contributed by atoms with Crippen LogP contribution in [0.1, 0.15) is 43.8 Å². The molecule has 88 valence electrons. The van der Waals surface area contributed by atoms with Crippen LogP contribution in [0.15, 0.2) is 0 Å². The van der Waals surface area contributed by atoms with Crippen LogP contribution in [0.4, 0.5) is 0 Å². The Balaban J connectivity index is 1.75. The number of aryl methyl sites for hydroxylation is 1. The Bertz CT molecular complexity index is 368. The predicted octanol–water partition coefficient (Wildman–Crippen LogP) is 1.75. The van der Waals surface area contributed by atoms with Crippen molar-refractivity contribution in [1.29, 1.82) is 0 Å². The van der Waals surface area contributed by atoms with E-state index in [4.69, 9.17) is 9.72 Å². The molecule has 2 atom stereocenters. The highest BCUT2D eigenvalue weighted by Gasteiger charge is 2.23. The van der Waals surface area contributed by atoms with Crippen LogP contribution >= 0.6 is 0 Å². The molecule has 3 heterocycles. The van der Waals surface area contributed by atoms with Crippen molar-refractivity contribution in [2.75, 3.05) is 13.2 Å². The molecule has 4 nitrogen and oxygen atoms in total. The number of fused-ring (bicyclic) bond motifs is 1. The van der Waals surface area contributed by atoms with Crippen molar-refractivity contribution >= 4 is 0 Å². The summed E-state index contributed by atoms with van der Waals surface area (Å²) in [6.45, 7) is 5.10. The highest BCUT2D eigenvalue weighted by Crippen LogP contribution is 2.25. The molecule has 3 rings (SSSR count). The Morgan fingerprint density at radius 1 is 1.44 bits per heavy atom. The molecule has 1 aromatic rings. The van der Waals surface area contributed by atoms with E-state index in [2.05, 4.69) is 16.7 Å². The van der Waals surface area contributed by atoms with Gasteiger partial charge in [0.2, 0.25) is 0 Å². The Hall–Kier alpha value is -0.900. The van der Waals surface area contributed by atoms with Gasteiger partial charge < -0.3 is 4.74 Å². The summed E-state index contributed by atoms with van der Waals surface area (Å²) >= 11 is 0. The van der Waals surface area contributed by atoms with E-state index in [0.29, 0.717) is 11.8 Å². The van der Waals surface area contributed by atoms with E-state index >= 15 is 0 Å². The number of hydrogen-bond donors (Lipinski definition) is 0. The lowest BCUT2D eigenvalue weighted by Crippen LogP contribution is -2.14. The van der Waals surface area contributed by atoms with Gasteiger partial charge in [-0.3, -0.25) is 0 Å². The highest BCUT2D eigenvalue weighted by atomic mass is 16.5. The van der Waals surface area contributed by atoms with Crippen LogP contribution in [-0.4, -0.2) is 28.0 Å². The Morgan fingerprint density at radius 2 is 2.38 bits per heavy atom. The van der Waals surface area contributed by atoms with E-state index in [1.807, 2.05) is 0 Å². The molecule has 0 N–H and O–H groups in total. The molecule has 1 fully saturated rings. The SMILES string of the molecule is CC1CCCn2nc(CC3CCOC3)nc21. The minimum Gasteiger partial charge on any atom is -0.381 e. The van der Waals surface area contributed by atoms with E-state index in [9.17, 15) is 0 Å². The monoisotopic (exact) mass is 221 g/mol. The molecule has 0 bridgehead atoms. The van der Waals surface area contributed by atoms with Gasteiger partial charge in [-0.25, -0.2) is 9.67 Å². The number of rotatable bonds is 2. The van der Waals surface area contributed by atoms with Crippen LogP contribution in [0, 0.1) is 5.92 Å². The first-order valence-corrected chi connectivity index (χ1v) is 6.34. The van der Waals surface area contributed by atoms with Gasteiger partial charge in [0.05, 0.1) is 0 Å². The molecule has 0 spiro atoms. The molecule has 2 unspecified atom stereocenters. The summed E-state index contributed by atoms with van der Waals surface area (Å²) in [4.78, 5) is 4.69. The third-order valence-corrected chi connectivity index (χ3v) is 3.69. The summed E-state index contributed by atoms with van der Waals surface area (Å²) in [5.74, 6) is 3.44. The van der Waals surface area contributed by atoms with Gasteiger partial charge in [0.1, 0.15) is 5.82 Å². The smallest absolute Gasteiger partial charge is 0.151 e. The Kier molecular flexibility index (Phi) is 2.67. The predicted molar refractivity (Wildman–Crippen MR) is 60.3 cm³/mol. The molecule has 0 radical (unpaired) electrons. The van der Waals surface area contributed by atoms with Crippen LogP contribution < -0.4 is 0 Å². The van der Waals surface area contributed by atoms with Gasteiger partial charge in [0.25, 0.3) is 0 Å². The van der Waals surface area contributed by atoms with Crippen molar-refractivity contribution < 1.29 is 4.74 Å². The maximum absolute atomic E-state index is 5.39. The van der Waals surface area contributed by atoms with Gasteiger partial charge in [-0.2, -0.15) is 5.10 Å². The van der Waals surface area contributed by atoms with E-state index < -0.39 is 0 Å². The van der Waals surface area contributed by atoms with Crippen LogP contribution in [0.5, 0.6) is 0 Å². The number of hydrogen-bond acceptors (Lipinski definition) is 3. The number of aromatic nitrogens is 3. The lowest BCUT2D eigenvalue weighted by molar-refractivity contribution is 0.185. The first-order valence-electron chi connectivity index (χ1n) is 6.34. The van der Waals surface area contributed by atoms with Gasteiger partial charge in [0.15, 0.2) is 5.82 Å². The van der Waals surface area contributed by atoms with Crippen molar-refractivity contribution in [3.8, 4) is 0 Å². The largest absolute Gasteiger partial charge is 0.381 e. The second-order valence-electron chi connectivity index (χ2n) is 5.09. The molecule has 1 aromatic heterocycles. The average Bonchev–Trinajstić information content (AvgIpc) is 2.88. The second kappa shape index (κ2) is 4.17. The van der Waals surface area contributed by atoms with Gasteiger partial charge in [-0.05, 0) is 25.2 Å². The zero-order valence-electron chi connectivity index (χ0n) is 9.85. The van der Waals surface area contributed by atoms with Gasteiger partial charge in [0, 0.05) is 32.1 Å². The third kappa shape index (κ3) is 1.86. The second-order valence-corrected chi connectivity index (χ2v) is 5.09. The number of ether oxygens (including phenoxy) is 1. The van der Waals surface area contributed by atoms with Crippen LogP contribution in [-0.2, 0) is 17.7 Å². The fourth-order valence-corrected chi connectivity index (χ4v) is 2.70. The summed E-state index contributed by atoms with van der Waals surface area (Å²) in [5.41, 5.74) is 0. The van der Waals surface area contributed by atoms with Gasteiger partial charge >= 0.3 is 0 Å².